The number of Topliss-reactive ketones (excluding diaryl/α,β-unsaturated/α-hetero) is 2. The molecule has 3 heterocycles. The van der Waals surface area contributed by atoms with Crippen LogP contribution in [-0.2, 0) is 38.1 Å². The van der Waals surface area contributed by atoms with Crippen molar-refractivity contribution < 1.29 is 66.8 Å². The number of hydrogen-bond acceptors (Lipinski definition) is 14. The van der Waals surface area contributed by atoms with Crippen molar-refractivity contribution in [2.75, 3.05) is 47.3 Å². The van der Waals surface area contributed by atoms with Crippen molar-refractivity contribution in [2.24, 2.45) is 11.8 Å². The molecule has 4 atom stereocenters. The summed E-state index contributed by atoms with van der Waals surface area (Å²) in [6.45, 7) is 6.25. The summed E-state index contributed by atoms with van der Waals surface area (Å²) in [7, 11) is 2.38. The van der Waals surface area contributed by atoms with Gasteiger partial charge in [0, 0.05) is 24.2 Å². The van der Waals surface area contributed by atoms with E-state index in [-0.39, 0.29) is 47.8 Å². The van der Waals surface area contributed by atoms with Gasteiger partial charge in [-0.3, -0.25) is 19.2 Å². The molecule has 2 N–H and O–H groups in total. The minimum atomic E-state index is -0.931. The van der Waals surface area contributed by atoms with Gasteiger partial charge in [-0.2, -0.15) is 0 Å². The van der Waals surface area contributed by atoms with Gasteiger partial charge < -0.3 is 48.9 Å². The van der Waals surface area contributed by atoms with E-state index in [0.29, 0.717) is 43.4 Å². The maximum absolute atomic E-state index is 13.3. The molecule has 0 saturated carbocycles. The standard InChI is InChI=1S/C41H50N4O14/c1-22(2)32(42-40(52)54-5)36(48)44-17-7-9-28(44)38(50)56-19-30(46)25-13-11-24(12-14-25)26-15-16-27(35-34(26)58-21-59-35)31(47)20-57-39(51)29-10-8-18-45(29)37(49)33(23(3)4)43-41(53)55-6/h11-16,22-23,28-29,32-33H,7-10,17-21H2,1-6H3,(H,42,52)(H,43,53). The number of hydrogen-bond donors (Lipinski definition) is 2. The van der Waals surface area contributed by atoms with E-state index in [9.17, 15) is 38.4 Å². The molecule has 3 aliphatic rings. The lowest BCUT2D eigenvalue weighted by Gasteiger charge is -2.29. The number of esters is 2. The maximum Gasteiger partial charge on any atom is 0.407 e. The van der Waals surface area contributed by atoms with Gasteiger partial charge in [-0.1, -0.05) is 52.0 Å². The van der Waals surface area contributed by atoms with Crippen LogP contribution < -0.4 is 20.1 Å². The third-order valence-electron chi connectivity index (χ3n) is 10.4. The Bertz CT molecular complexity index is 1950. The van der Waals surface area contributed by atoms with Gasteiger partial charge in [0.15, 0.2) is 30.5 Å². The number of benzene rings is 2. The zero-order chi connectivity index (χ0) is 43.0. The van der Waals surface area contributed by atoms with E-state index in [1.165, 1.54) is 30.1 Å². The third-order valence-corrected chi connectivity index (χ3v) is 10.4. The first-order valence-corrected chi connectivity index (χ1v) is 19.4. The zero-order valence-electron chi connectivity index (χ0n) is 33.9. The summed E-state index contributed by atoms with van der Waals surface area (Å²) in [6.07, 6.45) is 0.225. The van der Waals surface area contributed by atoms with Crippen LogP contribution in [0.3, 0.4) is 0 Å². The molecule has 0 radical (unpaired) electrons. The molecule has 59 heavy (non-hydrogen) atoms. The molecule has 2 aromatic rings. The van der Waals surface area contributed by atoms with Gasteiger partial charge in [0.2, 0.25) is 24.4 Å². The van der Waals surface area contributed by atoms with Crippen molar-refractivity contribution in [1.82, 2.24) is 20.4 Å². The number of amides is 4. The van der Waals surface area contributed by atoms with E-state index in [1.807, 2.05) is 0 Å². The van der Waals surface area contributed by atoms with E-state index >= 15 is 0 Å². The fraction of sp³-hybridized carbons (Fsp3) is 0.512. The monoisotopic (exact) mass is 822 g/mol. The van der Waals surface area contributed by atoms with Gasteiger partial charge in [-0.25, -0.2) is 19.2 Å². The average Bonchev–Trinajstić information content (AvgIpc) is 4.04. The first-order valence-electron chi connectivity index (χ1n) is 19.4. The first kappa shape index (κ1) is 43.9. The lowest BCUT2D eigenvalue weighted by Crippen LogP contribution is -2.54. The fourth-order valence-electron chi connectivity index (χ4n) is 7.21. The molecular formula is C41H50N4O14. The quantitative estimate of drug-likeness (QED) is 0.150. The number of methoxy groups -OCH3 is 2. The van der Waals surface area contributed by atoms with Crippen molar-refractivity contribution in [2.45, 2.75) is 77.5 Å². The predicted molar refractivity (Wildman–Crippen MR) is 206 cm³/mol. The van der Waals surface area contributed by atoms with Crippen LogP contribution >= 0.6 is 0 Å². The molecular weight excluding hydrogens is 772 g/mol. The first-order chi connectivity index (χ1) is 28.2. The molecule has 0 spiro atoms. The van der Waals surface area contributed by atoms with Crippen LogP contribution in [0.15, 0.2) is 36.4 Å². The van der Waals surface area contributed by atoms with Gasteiger partial charge >= 0.3 is 24.1 Å². The Morgan fingerprint density at radius 1 is 0.661 bits per heavy atom. The van der Waals surface area contributed by atoms with Gasteiger partial charge in [-0.15, -0.1) is 0 Å². The summed E-state index contributed by atoms with van der Waals surface area (Å²) >= 11 is 0. The SMILES string of the molecule is COC(=O)NC(C(=O)N1CCCC1C(=O)OCC(=O)c1ccc(-c2ccc(C(=O)COC(=O)C3CCCN3C(=O)C(NC(=O)OC)C(C)C)c3c2OCO3)cc1)C(C)C. The van der Waals surface area contributed by atoms with Crippen molar-refractivity contribution in [3.63, 3.8) is 0 Å². The third kappa shape index (κ3) is 10.1. The maximum atomic E-state index is 13.3. The van der Waals surface area contributed by atoms with Crippen molar-refractivity contribution in [3.8, 4) is 22.6 Å². The molecule has 2 fully saturated rings. The lowest BCUT2D eigenvalue weighted by molar-refractivity contribution is -0.153. The molecule has 318 valence electrons. The Labute approximate surface area is 341 Å². The fourth-order valence-corrected chi connectivity index (χ4v) is 7.21. The second-order valence-electron chi connectivity index (χ2n) is 15.0. The van der Waals surface area contributed by atoms with E-state index in [0.717, 1.165) is 0 Å². The number of carbonyl (C=O) groups is 8. The van der Waals surface area contributed by atoms with Crippen LogP contribution in [0.1, 0.15) is 74.1 Å². The Hall–Kier alpha value is -6.20. The lowest BCUT2D eigenvalue weighted by atomic mass is 9.98. The minimum absolute atomic E-state index is 0.117. The zero-order valence-corrected chi connectivity index (χ0v) is 33.9. The molecule has 0 aliphatic carbocycles. The number of carbonyl (C=O) groups excluding carboxylic acids is 8. The number of nitrogens with one attached hydrogen (secondary N) is 2. The van der Waals surface area contributed by atoms with Crippen molar-refractivity contribution in [1.29, 1.82) is 0 Å². The number of rotatable bonds is 15. The number of ketones is 2. The molecule has 18 heteroatoms. The summed E-state index contributed by atoms with van der Waals surface area (Å²) in [6, 6.07) is 5.90. The van der Waals surface area contributed by atoms with E-state index in [4.69, 9.17) is 18.9 Å². The van der Waals surface area contributed by atoms with Crippen LogP contribution in [0.2, 0.25) is 0 Å². The summed E-state index contributed by atoms with van der Waals surface area (Å²) in [4.78, 5) is 106. The van der Waals surface area contributed by atoms with Crippen LogP contribution in [-0.4, -0.2) is 129 Å². The highest BCUT2D eigenvalue weighted by molar-refractivity contribution is 6.03. The van der Waals surface area contributed by atoms with Gasteiger partial charge in [-0.05, 0) is 55.2 Å². The number of ether oxygens (including phenoxy) is 6. The number of nitrogens with zero attached hydrogens (tertiary/aromatic N) is 2. The van der Waals surface area contributed by atoms with E-state index < -0.39 is 84.9 Å². The van der Waals surface area contributed by atoms with Crippen LogP contribution in [0.4, 0.5) is 9.59 Å². The van der Waals surface area contributed by atoms with E-state index in [2.05, 4.69) is 20.1 Å². The Morgan fingerprint density at radius 2 is 1.14 bits per heavy atom. The largest absolute Gasteiger partial charge is 0.456 e. The van der Waals surface area contributed by atoms with Crippen molar-refractivity contribution in [3.05, 3.63) is 47.5 Å². The Balaban J connectivity index is 1.18. The highest BCUT2D eigenvalue weighted by Crippen LogP contribution is 2.44. The summed E-state index contributed by atoms with van der Waals surface area (Å²) in [5.74, 6) is -3.54. The number of likely N-dealkylation sites (tertiary alicyclic amines) is 2. The van der Waals surface area contributed by atoms with Crippen LogP contribution in [0.25, 0.3) is 11.1 Å². The topological polar surface area (TPSA) is 222 Å². The molecule has 5 rings (SSSR count). The van der Waals surface area contributed by atoms with Crippen molar-refractivity contribution >= 4 is 47.5 Å². The van der Waals surface area contributed by atoms with Gasteiger partial charge in [0.1, 0.15) is 24.2 Å². The highest BCUT2D eigenvalue weighted by Gasteiger charge is 2.41. The normalized spacial score (nSPS) is 17.9. The second-order valence-corrected chi connectivity index (χ2v) is 15.0. The van der Waals surface area contributed by atoms with E-state index in [1.54, 1.807) is 58.0 Å². The number of alkyl carbamates (subject to hydrolysis) is 2. The average molecular weight is 823 g/mol. The molecule has 3 aliphatic heterocycles. The summed E-state index contributed by atoms with van der Waals surface area (Å²) in [5.41, 5.74) is 1.56. The Morgan fingerprint density at radius 3 is 1.61 bits per heavy atom. The van der Waals surface area contributed by atoms with Crippen LogP contribution in [0, 0.1) is 11.8 Å². The summed E-state index contributed by atoms with van der Waals surface area (Å²) < 4.78 is 31.4. The molecule has 0 aromatic heterocycles. The highest BCUT2D eigenvalue weighted by atomic mass is 16.7. The molecule has 2 saturated heterocycles. The number of fused-ring (bicyclic) bond motifs is 1. The van der Waals surface area contributed by atoms with Gasteiger partial charge in [0.05, 0.1) is 19.8 Å². The second kappa shape index (κ2) is 19.5. The molecule has 18 nitrogen and oxygen atoms in total. The smallest absolute Gasteiger partial charge is 0.407 e. The Kier molecular flexibility index (Phi) is 14.5. The molecule has 2 aromatic carbocycles. The van der Waals surface area contributed by atoms with Crippen LogP contribution in [0.5, 0.6) is 11.5 Å². The summed E-state index contributed by atoms with van der Waals surface area (Å²) in [5, 5.41) is 5.03. The predicted octanol–water partition coefficient (Wildman–Crippen LogP) is 3.28. The molecule has 0 bridgehead atoms. The van der Waals surface area contributed by atoms with Gasteiger partial charge in [0.25, 0.3) is 0 Å². The molecule has 4 unspecified atom stereocenters. The minimum Gasteiger partial charge on any atom is -0.456 e. The molecule has 4 amide bonds.